The summed E-state index contributed by atoms with van der Waals surface area (Å²) in [4.78, 5) is 3.84. The predicted octanol–water partition coefficient (Wildman–Crippen LogP) is -0.0755. The van der Waals surface area contributed by atoms with E-state index in [-0.39, 0.29) is 0 Å². The summed E-state index contributed by atoms with van der Waals surface area (Å²) >= 11 is 0. The number of hydrogen-bond donors (Lipinski definition) is 0. The average Bonchev–Trinajstić information content (AvgIpc) is 2.33. The number of rotatable bonds is 0. The predicted molar refractivity (Wildman–Crippen MR) is 29.6 cm³/mol. The Balaban J connectivity index is 2.95. The molecule has 4 nitrogen and oxygen atoms in total. The molecule has 0 amide bonds. The van der Waals surface area contributed by atoms with Gasteiger partial charge >= 0.3 is 0 Å². The molecule has 0 saturated carbocycles. The van der Waals surface area contributed by atoms with Crippen LogP contribution in [0.1, 0.15) is 0 Å². The molecule has 0 saturated heterocycles. The van der Waals surface area contributed by atoms with E-state index in [2.05, 4.69) is 21.4 Å². The summed E-state index contributed by atoms with van der Waals surface area (Å²) in [6, 6.07) is 0. The van der Waals surface area contributed by atoms with Crippen LogP contribution in [-0.4, -0.2) is 19.6 Å². The lowest BCUT2D eigenvalue weighted by Crippen LogP contribution is -1.86. The monoisotopic (exact) mass is 119 g/mol. The SMILES string of the molecule is [c]1cn2cncc2nn1. The van der Waals surface area contributed by atoms with Crippen molar-refractivity contribution in [2.45, 2.75) is 0 Å². The third kappa shape index (κ3) is 0.561. The Bertz CT molecular complexity index is 283. The fourth-order valence-electron chi connectivity index (χ4n) is 0.643. The Morgan fingerprint density at radius 3 is 3.44 bits per heavy atom. The van der Waals surface area contributed by atoms with Crippen LogP contribution in [0.25, 0.3) is 5.65 Å². The van der Waals surface area contributed by atoms with Gasteiger partial charge in [-0.3, -0.25) is 4.40 Å². The Kier molecular flexibility index (Phi) is 0.745. The quantitative estimate of drug-likeness (QED) is 0.487. The first kappa shape index (κ1) is 4.43. The maximum atomic E-state index is 3.84. The maximum absolute atomic E-state index is 3.84. The van der Waals surface area contributed by atoms with Crippen molar-refractivity contribution in [3.8, 4) is 0 Å². The Morgan fingerprint density at radius 1 is 1.56 bits per heavy atom. The zero-order valence-corrected chi connectivity index (χ0v) is 4.52. The molecule has 0 aromatic carbocycles. The molecule has 2 rings (SSSR count). The van der Waals surface area contributed by atoms with Gasteiger partial charge in [0, 0.05) is 6.20 Å². The molecule has 0 aliphatic rings. The molecular weight excluding hydrogens is 116 g/mol. The summed E-state index contributed by atoms with van der Waals surface area (Å²) in [6.07, 6.45) is 7.55. The second-order valence-corrected chi connectivity index (χ2v) is 1.62. The van der Waals surface area contributed by atoms with Gasteiger partial charge in [0.1, 0.15) is 12.5 Å². The highest BCUT2D eigenvalue weighted by Gasteiger charge is 1.88. The van der Waals surface area contributed by atoms with Crippen molar-refractivity contribution >= 4 is 5.65 Å². The van der Waals surface area contributed by atoms with E-state index < -0.39 is 0 Å². The standard InChI is InChI=1S/C5H3N4/c1-2-9-4-6-3-5(9)8-7-1/h2-4H. The Labute approximate surface area is 51.2 Å². The van der Waals surface area contributed by atoms with Crippen LogP contribution in [0.4, 0.5) is 0 Å². The molecule has 0 atom stereocenters. The van der Waals surface area contributed by atoms with Crippen molar-refractivity contribution in [3.05, 3.63) is 24.9 Å². The zero-order valence-electron chi connectivity index (χ0n) is 4.52. The molecule has 0 bridgehead atoms. The minimum atomic E-state index is 0.744. The molecule has 0 aliphatic carbocycles. The zero-order chi connectivity index (χ0) is 6.10. The first-order valence-electron chi connectivity index (χ1n) is 2.48. The van der Waals surface area contributed by atoms with Crippen molar-refractivity contribution in [1.29, 1.82) is 0 Å². The van der Waals surface area contributed by atoms with Gasteiger partial charge in [-0.2, -0.15) is 0 Å². The summed E-state index contributed by atoms with van der Waals surface area (Å²) < 4.78 is 1.74. The number of aromatic nitrogens is 4. The minimum absolute atomic E-state index is 0.744. The molecule has 1 radical (unpaired) electrons. The molecule has 0 N–H and O–H groups in total. The van der Waals surface area contributed by atoms with E-state index in [0.717, 1.165) is 5.65 Å². The van der Waals surface area contributed by atoms with Crippen LogP contribution in [-0.2, 0) is 0 Å². The van der Waals surface area contributed by atoms with Crippen LogP contribution >= 0.6 is 0 Å². The van der Waals surface area contributed by atoms with Crippen LogP contribution in [0.5, 0.6) is 0 Å². The second-order valence-electron chi connectivity index (χ2n) is 1.62. The summed E-state index contributed by atoms with van der Waals surface area (Å²) in [5, 5.41) is 7.29. The van der Waals surface area contributed by atoms with E-state index in [1.165, 1.54) is 0 Å². The van der Waals surface area contributed by atoms with Crippen molar-refractivity contribution in [1.82, 2.24) is 19.6 Å². The third-order valence-electron chi connectivity index (χ3n) is 1.05. The van der Waals surface area contributed by atoms with E-state index in [1.807, 2.05) is 0 Å². The topological polar surface area (TPSA) is 43.1 Å². The average molecular weight is 119 g/mol. The highest BCUT2D eigenvalue weighted by atomic mass is 15.2. The number of nitrogens with zero attached hydrogens (tertiary/aromatic N) is 4. The maximum Gasteiger partial charge on any atom is 0.179 e. The first-order chi connectivity index (χ1) is 4.47. The summed E-state index contributed by atoms with van der Waals surface area (Å²) in [5.41, 5.74) is 0.744. The second kappa shape index (κ2) is 1.51. The molecule has 43 valence electrons. The van der Waals surface area contributed by atoms with Gasteiger partial charge in [0.25, 0.3) is 0 Å². The molecule has 9 heavy (non-hydrogen) atoms. The molecule has 2 aromatic rings. The van der Waals surface area contributed by atoms with E-state index in [0.29, 0.717) is 0 Å². The van der Waals surface area contributed by atoms with Crippen LogP contribution < -0.4 is 0 Å². The minimum Gasteiger partial charge on any atom is -0.287 e. The van der Waals surface area contributed by atoms with E-state index in [1.54, 1.807) is 23.1 Å². The van der Waals surface area contributed by atoms with Crippen molar-refractivity contribution in [2.24, 2.45) is 0 Å². The van der Waals surface area contributed by atoms with Crippen LogP contribution in [0.2, 0.25) is 0 Å². The molecule has 0 aliphatic heterocycles. The fourth-order valence-corrected chi connectivity index (χ4v) is 0.643. The third-order valence-corrected chi connectivity index (χ3v) is 1.05. The van der Waals surface area contributed by atoms with Crippen LogP contribution in [0.15, 0.2) is 18.7 Å². The number of imidazole rings is 1. The van der Waals surface area contributed by atoms with Crippen molar-refractivity contribution in [3.63, 3.8) is 0 Å². The fraction of sp³-hybridized carbons (Fsp3) is 0. The molecule has 2 heterocycles. The van der Waals surface area contributed by atoms with Gasteiger partial charge < -0.3 is 0 Å². The highest BCUT2D eigenvalue weighted by Crippen LogP contribution is 1.90. The van der Waals surface area contributed by atoms with Gasteiger partial charge in [-0.15, -0.1) is 10.2 Å². The highest BCUT2D eigenvalue weighted by molar-refractivity contribution is 5.31. The Hall–Kier alpha value is -1.45. The summed E-state index contributed by atoms with van der Waals surface area (Å²) in [7, 11) is 0. The van der Waals surface area contributed by atoms with Gasteiger partial charge in [0.05, 0.1) is 6.20 Å². The lowest BCUT2D eigenvalue weighted by atomic mass is 10.8. The van der Waals surface area contributed by atoms with Gasteiger partial charge in [0.2, 0.25) is 0 Å². The van der Waals surface area contributed by atoms with Gasteiger partial charge in [0.15, 0.2) is 5.65 Å². The van der Waals surface area contributed by atoms with Crippen LogP contribution in [0, 0.1) is 6.20 Å². The molecule has 4 heteroatoms. The lowest BCUT2D eigenvalue weighted by Gasteiger charge is -1.83. The largest absolute Gasteiger partial charge is 0.287 e. The van der Waals surface area contributed by atoms with Gasteiger partial charge in [-0.1, -0.05) is 0 Å². The Morgan fingerprint density at radius 2 is 2.56 bits per heavy atom. The number of fused-ring (bicyclic) bond motifs is 1. The first-order valence-corrected chi connectivity index (χ1v) is 2.48. The van der Waals surface area contributed by atoms with Gasteiger partial charge in [-0.05, 0) is 0 Å². The lowest BCUT2D eigenvalue weighted by molar-refractivity contribution is 0.972. The van der Waals surface area contributed by atoms with E-state index >= 15 is 0 Å². The van der Waals surface area contributed by atoms with Crippen LogP contribution in [0.3, 0.4) is 0 Å². The summed E-state index contributed by atoms with van der Waals surface area (Å²) in [5.74, 6) is 0. The van der Waals surface area contributed by atoms with E-state index in [9.17, 15) is 0 Å². The van der Waals surface area contributed by atoms with Crippen molar-refractivity contribution in [2.75, 3.05) is 0 Å². The molecule has 0 unspecified atom stereocenters. The van der Waals surface area contributed by atoms with Gasteiger partial charge in [-0.25, -0.2) is 4.98 Å². The number of hydrogen-bond acceptors (Lipinski definition) is 3. The van der Waals surface area contributed by atoms with Crippen molar-refractivity contribution < 1.29 is 0 Å². The molecule has 2 aromatic heterocycles. The normalized spacial score (nSPS) is 10.2. The van der Waals surface area contributed by atoms with E-state index in [4.69, 9.17) is 0 Å². The summed E-state index contributed by atoms with van der Waals surface area (Å²) in [6.45, 7) is 0. The molecule has 0 fully saturated rings. The molecular formula is C5H3N4. The molecule has 0 spiro atoms. The smallest absolute Gasteiger partial charge is 0.179 e.